The molecular formula is C18H36N2O4Si2. The van der Waals surface area contributed by atoms with E-state index in [1.54, 1.807) is 28.4 Å². The number of hydrogen-bond donors (Lipinski definition) is 2. The van der Waals surface area contributed by atoms with E-state index in [0.717, 1.165) is 59.5 Å². The molecule has 0 atom stereocenters. The van der Waals surface area contributed by atoms with Crippen LogP contribution in [0, 0.1) is 0 Å². The van der Waals surface area contributed by atoms with Crippen molar-refractivity contribution < 1.29 is 17.7 Å². The average Bonchev–Trinajstić information content (AvgIpc) is 2.68. The molecule has 26 heavy (non-hydrogen) atoms. The summed E-state index contributed by atoms with van der Waals surface area (Å²) in [5.74, 6) is 0. The predicted octanol–water partition coefficient (Wildman–Crippen LogP) is 3.45. The van der Waals surface area contributed by atoms with Gasteiger partial charge in [0.1, 0.15) is 0 Å². The highest BCUT2D eigenvalue weighted by atomic mass is 28.4. The number of benzene rings is 1. The monoisotopic (exact) mass is 400 g/mol. The van der Waals surface area contributed by atoms with Crippen molar-refractivity contribution in [1.82, 2.24) is 0 Å². The van der Waals surface area contributed by atoms with Gasteiger partial charge < -0.3 is 29.2 Å². The largest absolute Gasteiger partial charge is 0.398 e. The SMILES string of the molecule is CC[Si](CCc1c(N)ccc(N)c1CC[Si](CC)(OC)OC)(OC)OC. The Labute approximate surface area is 160 Å². The minimum Gasteiger partial charge on any atom is -0.398 e. The first-order valence-electron chi connectivity index (χ1n) is 9.22. The zero-order chi connectivity index (χ0) is 19.8. The van der Waals surface area contributed by atoms with Gasteiger partial charge in [0.15, 0.2) is 0 Å². The lowest BCUT2D eigenvalue weighted by atomic mass is 9.99. The molecule has 0 aromatic heterocycles. The molecule has 0 saturated heterocycles. The van der Waals surface area contributed by atoms with Crippen molar-refractivity contribution in [2.45, 2.75) is 50.9 Å². The molecule has 150 valence electrons. The van der Waals surface area contributed by atoms with Crippen LogP contribution in [0.15, 0.2) is 12.1 Å². The number of nitrogens with two attached hydrogens (primary N) is 2. The molecule has 8 heteroatoms. The summed E-state index contributed by atoms with van der Waals surface area (Å²) in [5.41, 5.74) is 16.4. The lowest BCUT2D eigenvalue weighted by Gasteiger charge is -2.28. The van der Waals surface area contributed by atoms with Crippen LogP contribution in [0.2, 0.25) is 24.2 Å². The summed E-state index contributed by atoms with van der Waals surface area (Å²) < 4.78 is 23.0. The minimum absolute atomic E-state index is 0.777. The predicted molar refractivity (Wildman–Crippen MR) is 113 cm³/mol. The molecule has 0 amide bonds. The van der Waals surface area contributed by atoms with Crippen molar-refractivity contribution >= 4 is 28.5 Å². The second kappa shape index (κ2) is 10.4. The van der Waals surface area contributed by atoms with E-state index in [9.17, 15) is 0 Å². The van der Waals surface area contributed by atoms with Gasteiger partial charge in [-0.15, -0.1) is 0 Å². The Bertz CT molecular complexity index is 499. The summed E-state index contributed by atoms with van der Waals surface area (Å²) in [6, 6.07) is 7.28. The summed E-state index contributed by atoms with van der Waals surface area (Å²) in [7, 11) is 2.59. The van der Waals surface area contributed by atoms with E-state index in [-0.39, 0.29) is 0 Å². The Kier molecular flexibility index (Phi) is 9.28. The summed E-state index contributed by atoms with van der Waals surface area (Å²) in [6.07, 6.45) is 1.60. The third-order valence-electron chi connectivity index (χ3n) is 5.58. The third-order valence-corrected chi connectivity index (χ3v) is 12.7. The molecule has 0 unspecified atom stereocenters. The topological polar surface area (TPSA) is 89.0 Å². The van der Waals surface area contributed by atoms with Crippen LogP contribution in [0.4, 0.5) is 11.4 Å². The second-order valence-electron chi connectivity index (χ2n) is 6.55. The highest BCUT2D eigenvalue weighted by Crippen LogP contribution is 2.31. The Balaban J connectivity index is 3.08. The van der Waals surface area contributed by atoms with E-state index in [1.165, 1.54) is 0 Å². The van der Waals surface area contributed by atoms with Crippen molar-refractivity contribution in [3.05, 3.63) is 23.3 Å². The summed E-state index contributed by atoms with van der Waals surface area (Å²) in [4.78, 5) is 0. The van der Waals surface area contributed by atoms with Gasteiger partial charge in [-0.05, 0) is 60.3 Å². The molecule has 0 radical (unpaired) electrons. The first-order valence-corrected chi connectivity index (χ1v) is 13.7. The van der Waals surface area contributed by atoms with Gasteiger partial charge in [0, 0.05) is 39.8 Å². The normalized spacial score (nSPS) is 12.5. The second-order valence-corrected chi connectivity index (χ2v) is 14.2. The Morgan fingerprint density at radius 1 is 0.692 bits per heavy atom. The molecule has 0 aliphatic rings. The zero-order valence-corrected chi connectivity index (χ0v) is 19.2. The van der Waals surface area contributed by atoms with E-state index < -0.39 is 17.1 Å². The van der Waals surface area contributed by atoms with Gasteiger partial charge in [0.2, 0.25) is 0 Å². The Morgan fingerprint density at radius 3 is 1.23 bits per heavy atom. The van der Waals surface area contributed by atoms with Crippen LogP contribution in [0.25, 0.3) is 0 Å². The first-order chi connectivity index (χ1) is 12.4. The fraction of sp³-hybridized carbons (Fsp3) is 0.667. The average molecular weight is 401 g/mol. The summed E-state index contributed by atoms with van der Waals surface area (Å²) in [5, 5.41) is 0. The molecule has 0 heterocycles. The molecule has 0 aliphatic carbocycles. The quantitative estimate of drug-likeness (QED) is 0.413. The smallest absolute Gasteiger partial charge is 0.337 e. The molecule has 1 rings (SSSR count). The van der Waals surface area contributed by atoms with Crippen LogP contribution < -0.4 is 11.5 Å². The molecule has 1 aromatic carbocycles. The molecule has 0 aliphatic heterocycles. The van der Waals surface area contributed by atoms with Gasteiger partial charge in [-0.25, -0.2) is 0 Å². The van der Waals surface area contributed by atoms with Gasteiger partial charge >= 0.3 is 17.1 Å². The lowest BCUT2D eigenvalue weighted by Crippen LogP contribution is -2.40. The number of hydrogen-bond acceptors (Lipinski definition) is 6. The van der Waals surface area contributed by atoms with Crippen molar-refractivity contribution in [1.29, 1.82) is 0 Å². The number of anilines is 2. The van der Waals surface area contributed by atoms with Crippen molar-refractivity contribution in [3.63, 3.8) is 0 Å². The standard InChI is InChI=1S/C18H36N2O4Si2/c1-7-25(21-3,22-4)13-11-15-16(18(20)10-9-17(15)19)12-14-26(8-2,23-5)24-6/h9-10H,7-8,11-14,19-20H2,1-6H3. The van der Waals surface area contributed by atoms with Gasteiger partial charge in [0.25, 0.3) is 0 Å². The zero-order valence-electron chi connectivity index (χ0n) is 17.2. The first kappa shape index (κ1) is 23.1. The van der Waals surface area contributed by atoms with E-state index in [0.29, 0.717) is 0 Å². The molecule has 0 bridgehead atoms. The van der Waals surface area contributed by atoms with Crippen LogP contribution in [-0.4, -0.2) is 45.6 Å². The van der Waals surface area contributed by atoms with Gasteiger partial charge in [0.05, 0.1) is 0 Å². The van der Waals surface area contributed by atoms with Crippen molar-refractivity contribution in [2.75, 3.05) is 39.9 Å². The number of nitrogen functional groups attached to an aromatic ring is 2. The van der Waals surface area contributed by atoms with E-state index in [4.69, 9.17) is 29.2 Å². The fourth-order valence-corrected chi connectivity index (χ4v) is 7.73. The van der Waals surface area contributed by atoms with E-state index in [2.05, 4.69) is 13.8 Å². The molecule has 6 nitrogen and oxygen atoms in total. The molecule has 1 aromatic rings. The summed E-state index contributed by atoms with van der Waals surface area (Å²) >= 11 is 0. The van der Waals surface area contributed by atoms with Crippen LogP contribution in [0.3, 0.4) is 0 Å². The number of rotatable bonds is 12. The summed E-state index contributed by atoms with van der Waals surface area (Å²) in [6.45, 7) is 4.22. The van der Waals surface area contributed by atoms with Gasteiger partial charge in [-0.2, -0.15) is 0 Å². The fourth-order valence-electron chi connectivity index (χ4n) is 3.46. The van der Waals surface area contributed by atoms with Crippen LogP contribution in [0.5, 0.6) is 0 Å². The van der Waals surface area contributed by atoms with Crippen LogP contribution in [0.1, 0.15) is 25.0 Å². The highest BCUT2D eigenvalue weighted by molar-refractivity contribution is 6.67. The van der Waals surface area contributed by atoms with Crippen LogP contribution in [-0.2, 0) is 30.5 Å². The maximum absolute atomic E-state index is 6.31. The van der Waals surface area contributed by atoms with Gasteiger partial charge in [-0.1, -0.05) is 13.8 Å². The Hall–Kier alpha value is -0.906. The lowest BCUT2D eigenvalue weighted by molar-refractivity contribution is 0.242. The maximum atomic E-state index is 6.31. The highest BCUT2D eigenvalue weighted by Gasteiger charge is 2.35. The molecular weight excluding hydrogens is 364 g/mol. The Morgan fingerprint density at radius 2 is 1.00 bits per heavy atom. The van der Waals surface area contributed by atoms with Crippen LogP contribution >= 0.6 is 0 Å². The van der Waals surface area contributed by atoms with Crippen molar-refractivity contribution in [3.8, 4) is 0 Å². The molecule has 0 spiro atoms. The molecule has 4 N–H and O–H groups in total. The maximum Gasteiger partial charge on any atom is 0.337 e. The van der Waals surface area contributed by atoms with E-state index in [1.807, 2.05) is 12.1 Å². The molecule has 0 saturated carbocycles. The third kappa shape index (κ3) is 5.31. The van der Waals surface area contributed by atoms with Crippen molar-refractivity contribution in [2.24, 2.45) is 0 Å². The minimum atomic E-state index is -2.18. The van der Waals surface area contributed by atoms with E-state index >= 15 is 0 Å². The van der Waals surface area contributed by atoms with Gasteiger partial charge in [-0.3, -0.25) is 0 Å². The molecule has 0 fully saturated rings.